The molecule has 152 valence electrons. The summed E-state index contributed by atoms with van der Waals surface area (Å²) < 4.78 is 20.3. The number of carbonyl (C=O) groups excluding carboxylic acids is 1. The number of halogens is 1. The molecular formula is C21H24FN5O2. The Morgan fingerprint density at radius 1 is 1.31 bits per heavy atom. The highest BCUT2D eigenvalue weighted by Gasteiger charge is 2.39. The molecule has 7 nitrogen and oxygen atoms in total. The Bertz CT molecular complexity index is 908. The smallest absolute Gasteiger partial charge is 0.225 e. The SMILES string of the molecule is C#CCCC1(CCC(=O)Nc2cc(C)n(CCCOc3ccc(F)cc3)n2)N=N1. The number of hydrogen-bond donors (Lipinski definition) is 1. The van der Waals surface area contributed by atoms with Crippen LogP contribution in [0.4, 0.5) is 10.2 Å². The van der Waals surface area contributed by atoms with Crippen molar-refractivity contribution in [2.45, 2.75) is 51.2 Å². The lowest BCUT2D eigenvalue weighted by Gasteiger charge is -2.08. The minimum absolute atomic E-state index is 0.119. The van der Waals surface area contributed by atoms with E-state index in [4.69, 9.17) is 11.2 Å². The van der Waals surface area contributed by atoms with Crippen LogP contribution in [0.25, 0.3) is 0 Å². The molecule has 1 aliphatic heterocycles. The van der Waals surface area contributed by atoms with Gasteiger partial charge in [-0.2, -0.15) is 15.3 Å². The maximum atomic E-state index is 12.9. The first-order valence-corrected chi connectivity index (χ1v) is 9.60. The fourth-order valence-corrected chi connectivity index (χ4v) is 2.92. The second-order valence-corrected chi connectivity index (χ2v) is 6.98. The summed E-state index contributed by atoms with van der Waals surface area (Å²) >= 11 is 0. The van der Waals surface area contributed by atoms with Gasteiger partial charge in [0.1, 0.15) is 11.6 Å². The van der Waals surface area contributed by atoms with Gasteiger partial charge in [-0.25, -0.2) is 4.39 Å². The van der Waals surface area contributed by atoms with Crippen LogP contribution in [0.2, 0.25) is 0 Å². The molecule has 0 saturated carbocycles. The molecule has 0 unspecified atom stereocenters. The van der Waals surface area contributed by atoms with Crippen molar-refractivity contribution < 1.29 is 13.9 Å². The molecule has 2 heterocycles. The van der Waals surface area contributed by atoms with E-state index in [0.29, 0.717) is 50.4 Å². The van der Waals surface area contributed by atoms with Gasteiger partial charge in [-0.3, -0.25) is 9.48 Å². The first-order valence-electron chi connectivity index (χ1n) is 9.60. The van der Waals surface area contributed by atoms with Gasteiger partial charge in [-0.15, -0.1) is 12.3 Å². The Hall–Kier alpha value is -3.21. The molecule has 1 N–H and O–H groups in total. The average Bonchev–Trinajstić information content (AvgIpc) is 3.40. The predicted molar refractivity (Wildman–Crippen MR) is 107 cm³/mol. The predicted octanol–water partition coefficient (Wildman–Crippen LogP) is 4.09. The summed E-state index contributed by atoms with van der Waals surface area (Å²) in [6, 6.07) is 7.76. The fourth-order valence-electron chi connectivity index (χ4n) is 2.92. The van der Waals surface area contributed by atoms with E-state index >= 15 is 0 Å². The van der Waals surface area contributed by atoms with Crippen LogP contribution in [-0.4, -0.2) is 28.0 Å². The molecule has 1 aliphatic rings. The second kappa shape index (κ2) is 9.32. The summed E-state index contributed by atoms with van der Waals surface area (Å²) in [5, 5.41) is 15.3. The van der Waals surface area contributed by atoms with Crippen molar-refractivity contribution in [1.29, 1.82) is 0 Å². The Balaban J connectivity index is 1.39. The zero-order chi connectivity index (χ0) is 20.7. The third kappa shape index (κ3) is 6.14. The maximum absolute atomic E-state index is 12.9. The number of amides is 1. The van der Waals surface area contributed by atoms with Crippen molar-refractivity contribution in [3.63, 3.8) is 0 Å². The molecule has 3 rings (SSSR count). The average molecular weight is 397 g/mol. The number of rotatable bonds is 11. The maximum Gasteiger partial charge on any atom is 0.225 e. The monoisotopic (exact) mass is 397 g/mol. The van der Waals surface area contributed by atoms with E-state index in [-0.39, 0.29) is 11.7 Å². The van der Waals surface area contributed by atoms with Crippen LogP contribution >= 0.6 is 0 Å². The number of nitrogens with zero attached hydrogens (tertiary/aromatic N) is 4. The van der Waals surface area contributed by atoms with Crippen molar-refractivity contribution in [2.24, 2.45) is 10.2 Å². The van der Waals surface area contributed by atoms with Crippen molar-refractivity contribution in [3.05, 3.63) is 41.8 Å². The summed E-state index contributed by atoms with van der Waals surface area (Å²) in [7, 11) is 0. The lowest BCUT2D eigenvalue weighted by molar-refractivity contribution is -0.116. The molecule has 1 aromatic heterocycles. The van der Waals surface area contributed by atoms with E-state index in [2.05, 4.69) is 26.6 Å². The highest BCUT2D eigenvalue weighted by molar-refractivity contribution is 5.89. The minimum atomic E-state index is -0.455. The quantitative estimate of drug-likeness (QED) is 0.458. The van der Waals surface area contributed by atoms with Crippen LogP contribution in [0, 0.1) is 25.1 Å². The van der Waals surface area contributed by atoms with E-state index in [1.807, 2.05) is 17.7 Å². The molecular weight excluding hydrogens is 373 g/mol. The van der Waals surface area contributed by atoms with Crippen LogP contribution in [-0.2, 0) is 11.3 Å². The lowest BCUT2D eigenvalue weighted by atomic mass is 10.0. The van der Waals surface area contributed by atoms with Gasteiger partial charge in [0, 0.05) is 50.4 Å². The van der Waals surface area contributed by atoms with E-state index in [1.165, 1.54) is 12.1 Å². The van der Waals surface area contributed by atoms with Gasteiger partial charge in [0.15, 0.2) is 11.5 Å². The summed E-state index contributed by atoms with van der Waals surface area (Å²) in [4.78, 5) is 12.2. The second-order valence-electron chi connectivity index (χ2n) is 6.98. The normalized spacial score (nSPS) is 13.7. The first-order chi connectivity index (χ1) is 14.0. The number of benzene rings is 1. The molecule has 29 heavy (non-hydrogen) atoms. The third-order valence-electron chi connectivity index (χ3n) is 4.65. The van der Waals surface area contributed by atoms with E-state index in [0.717, 1.165) is 12.1 Å². The highest BCUT2D eigenvalue weighted by atomic mass is 19.1. The number of ether oxygens (including phenoxy) is 1. The van der Waals surface area contributed by atoms with Crippen molar-refractivity contribution >= 4 is 11.7 Å². The molecule has 0 fully saturated rings. The van der Waals surface area contributed by atoms with Gasteiger partial charge >= 0.3 is 0 Å². The summed E-state index contributed by atoms with van der Waals surface area (Å²) in [5.41, 5.74) is 0.489. The molecule has 8 heteroatoms. The van der Waals surface area contributed by atoms with Crippen LogP contribution in [0.3, 0.4) is 0 Å². The molecule has 2 aromatic rings. The molecule has 1 aromatic carbocycles. The number of aromatic nitrogens is 2. The molecule has 0 aliphatic carbocycles. The first kappa shape index (κ1) is 20.5. The number of hydrogen-bond acceptors (Lipinski definition) is 5. The molecule has 0 spiro atoms. The topological polar surface area (TPSA) is 80.9 Å². The van der Waals surface area contributed by atoms with E-state index in [9.17, 15) is 9.18 Å². The van der Waals surface area contributed by atoms with Crippen molar-refractivity contribution in [1.82, 2.24) is 9.78 Å². The minimum Gasteiger partial charge on any atom is -0.494 e. The Morgan fingerprint density at radius 2 is 2.07 bits per heavy atom. The number of aryl methyl sites for hydroxylation is 2. The summed E-state index contributed by atoms with van der Waals surface area (Å²) in [6.45, 7) is 3.06. The van der Waals surface area contributed by atoms with Crippen molar-refractivity contribution in [3.8, 4) is 18.1 Å². The third-order valence-corrected chi connectivity index (χ3v) is 4.65. The Labute approximate surface area is 169 Å². The fraction of sp³-hybridized carbons (Fsp3) is 0.429. The van der Waals surface area contributed by atoms with Crippen LogP contribution < -0.4 is 10.1 Å². The van der Waals surface area contributed by atoms with Gasteiger partial charge in [-0.1, -0.05) is 0 Å². The standard InChI is InChI=1S/C21H24FN5O2/c1-3-4-11-21(25-26-21)12-10-20(28)23-19-15-16(2)27(24-19)13-5-14-29-18-8-6-17(22)7-9-18/h1,6-9,15H,4-5,10-14H2,2H3,(H,23,24,28). The summed E-state index contributed by atoms with van der Waals surface area (Å²) in [5.74, 6) is 3.32. The van der Waals surface area contributed by atoms with Crippen LogP contribution in [0.1, 0.15) is 37.8 Å². The number of anilines is 1. The van der Waals surface area contributed by atoms with Crippen LogP contribution in [0.15, 0.2) is 40.6 Å². The largest absolute Gasteiger partial charge is 0.494 e. The van der Waals surface area contributed by atoms with Crippen LogP contribution in [0.5, 0.6) is 5.75 Å². The number of terminal acetylenes is 1. The van der Waals surface area contributed by atoms with Crippen molar-refractivity contribution in [2.75, 3.05) is 11.9 Å². The van der Waals surface area contributed by atoms with Gasteiger partial charge in [-0.05, 0) is 31.2 Å². The van der Waals surface area contributed by atoms with Gasteiger partial charge in [0.25, 0.3) is 0 Å². The van der Waals surface area contributed by atoms with Gasteiger partial charge in [0.2, 0.25) is 5.91 Å². The van der Waals surface area contributed by atoms with Gasteiger partial charge < -0.3 is 10.1 Å². The molecule has 0 saturated heterocycles. The molecule has 0 atom stereocenters. The molecule has 1 amide bonds. The van der Waals surface area contributed by atoms with E-state index < -0.39 is 5.66 Å². The highest BCUT2D eigenvalue weighted by Crippen LogP contribution is 2.37. The van der Waals surface area contributed by atoms with Gasteiger partial charge in [0.05, 0.1) is 6.61 Å². The number of nitrogens with one attached hydrogen (secondary N) is 1. The Kier molecular flexibility index (Phi) is 6.60. The Morgan fingerprint density at radius 3 is 2.76 bits per heavy atom. The molecule has 0 bridgehead atoms. The zero-order valence-electron chi connectivity index (χ0n) is 16.4. The number of carbonyl (C=O) groups is 1. The lowest BCUT2D eigenvalue weighted by Crippen LogP contribution is -2.18. The zero-order valence-corrected chi connectivity index (χ0v) is 16.4. The van der Waals surface area contributed by atoms with E-state index in [1.54, 1.807) is 12.1 Å². The molecule has 0 radical (unpaired) electrons. The summed E-state index contributed by atoms with van der Waals surface area (Å²) in [6.07, 6.45) is 8.16.